The van der Waals surface area contributed by atoms with Crippen molar-refractivity contribution < 1.29 is 0 Å². The van der Waals surface area contributed by atoms with Crippen LogP contribution in [0.5, 0.6) is 0 Å². The van der Waals surface area contributed by atoms with Crippen LogP contribution in [-0.4, -0.2) is 0 Å². The summed E-state index contributed by atoms with van der Waals surface area (Å²) in [5, 5.41) is 13.7. The second kappa shape index (κ2) is 6.83. The van der Waals surface area contributed by atoms with Gasteiger partial charge < -0.3 is 5.32 Å². The highest BCUT2D eigenvalue weighted by Gasteiger charge is 2.30. The van der Waals surface area contributed by atoms with Gasteiger partial charge >= 0.3 is 0 Å². The zero-order valence-electron chi connectivity index (χ0n) is 11.3. The first-order valence-electron chi connectivity index (χ1n) is 6.41. The Kier molecular flexibility index (Phi) is 5.32. The number of rotatable bonds is 4. The fourth-order valence-electron chi connectivity index (χ4n) is 2.09. The van der Waals surface area contributed by atoms with Gasteiger partial charge in [-0.15, -0.1) is 0 Å². The Morgan fingerprint density at radius 1 is 1.19 bits per heavy atom. The van der Waals surface area contributed by atoms with Crippen LogP contribution in [0.1, 0.15) is 18.9 Å². The summed E-state index contributed by atoms with van der Waals surface area (Å²) in [5.41, 5.74) is 1.01. The molecule has 0 fully saturated rings. The molecular formula is C16H13Br2ClN2. The minimum atomic E-state index is -0.770. The van der Waals surface area contributed by atoms with E-state index in [1.807, 2.05) is 43.3 Å². The lowest BCUT2D eigenvalue weighted by Crippen LogP contribution is -2.33. The second-order valence-electron chi connectivity index (χ2n) is 4.63. The van der Waals surface area contributed by atoms with Crippen LogP contribution in [0, 0.1) is 11.3 Å². The number of anilines is 1. The molecule has 1 unspecified atom stereocenters. The van der Waals surface area contributed by atoms with Crippen molar-refractivity contribution in [2.45, 2.75) is 18.9 Å². The molecule has 108 valence electrons. The van der Waals surface area contributed by atoms with Crippen molar-refractivity contribution in [3.63, 3.8) is 0 Å². The van der Waals surface area contributed by atoms with E-state index in [1.54, 1.807) is 6.07 Å². The lowest BCUT2D eigenvalue weighted by molar-refractivity contribution is 0.604. The predicted molar refractivity (Wildman–Crippen MR) is 94.5 cm³/mol. The number of halogens is 3. The third kappa shape index (κ3) is 3.60. The summed E-state index contributed by atoms with van der Waals surface area (Å²) in [4.78, 5) is 0. The Bertz CT molecular complexity index is 680. The number of nitrogens with zero attached hydrogens (tertiary/aromatic N) is 1. The molecular weight excluding hydrogens is 415 g/mol. The Morgan fingerprint density at radius 2 is 1.86 bits per heavy atom. The number of hydrogen-bond acceptors (Lipinski definition) is 2. The highest BCUT2D eigenvalue weighted by atomic mass is 79.9. The van der Waals surface area contributed by atoms with Crippen molar-refractivity contribution in [1.82, 2.24) is 0 Å². The minimum absolute atomic E-state index is 0.642. The molecule has 0 aromatic heterocycles. The van der Waals surface area contributed by atoms with Crippen molar-refractivity contribution in [3.05, 3.63) is 62.0 Å². The zero-order valence-corrected chi connectivity index (χ0v) is 15.3. The minimum Gasteiger partial charge on any atom is -0.364 e. The molecule has 2 aromatic carbocycles. The highest BCUT2D eigenvalue weighted by molar-refractivity contribution is 9.10. The second-order valence-corrected chi connectivity index (χ2v) is 6.81. The van der Waals surface area contributed by atoms with Crippen molar-refractivity contribution in [2.24, 2.45) is 0 Å². The average molecular weight is 429 g/mol. The molecule has 0 aliphatic heterocycles. The van der Waals surface area contributed by atoms with E-state index in [0.29, 0.717) is 11.4 Å². The molecule has 0 bridgehead atoms. The Balaban J connectivity index is 2.40. The molecule has 0 amide bonds. The lowest BCUT2D eigenvalue weighted by atomic mass is 9.88. The number of hydrogen-bond donors (Lipinski definition) is 1. The van der Waals surface area contributed by atoms with Gasteiger partial charge in [-0.05, 0) is 58.2 Å². The first kappa shape index (κ1) is 16.4. The lowest BCUT2D eigenvalue weighted by Gasteiger charge is -2.28. The average Bonchev–Trinajstić information content (AvgIpc) is 2.49. The van der Waals surface area contributed by atoms with Gasteiger partial charge in [-0.3, -0.25) is 0 Å². The standard InChI is InChI=1S/C16H13Br2ClN2/c1-2-16(10-20,11-3-5-12(17)6-4-11)21-13-7-8-15(19)14(18)9-13/h3-9,21H,2H2,1H3. The molecule has 1 atom stereocenters. The van der Waals surface area contributed by atoms with Crippen LogP contribution in [0.25, 0.3) is 0 Å². The smallest absolute Gasteiger partial charge is 0.150 e. The topological polar surface area (TPSA) is 35.8 Å². The normalized spacial score (nSPS) is 13.3. The largest absolute Gasteiger partial charge is 0.364 e. The number of nitrogens with one attached hydrogen (secondary N) is 1. The quantitative estimate of drug-likeness (QED) is 0.638. The first-order chi connectivity index (χ1) is 10.0. The molecule has 0 spiro atoms. The van der Waals surface area contributed by atoms with E-state index in [9.17, 15) is 5.26 Å². The van der Waals surface area contributed by atoms with E-state index >= 15 is 0 Å². The number of nitriles is 1. The molecule has 1 N–H and O–H groups in total. The van der Waals surface area contributed by atoms with Gasteiger partial charge in [-0.1, -0.05) is 46.6 Å². The van der Waals surface area contributed by atoms with E-state index in [1.165, 1.54) is 0 Å². The molecule has 0 heterocycles. The molecule has 5 heteroatoms. The van der Waals surface area contributed by atoms with E-state index in [-0.39, 0.29) is 0 Å². The maximum atomic E-state index is 9.72. The molecule has 0 aliphatic carbocycles. The summed E-state index contributed by atoms with van der Waals surface area (Å²) < 4.78 is 1.79. The summed E-state index contributed by atoms with van der Waals surface area (Å²) in [6, 6.07) is 15.7. The van der Waals surface area contributed by atoms with Gasteiger partial charge in [-0.25, -0.2) is 0 Å². The van der Waals surface area contributed by atoms with Gasteiger partial charge in [0.05, 0.1) is 11.1 Å². The fraction of sp³-hybridized carbons (Fsp3) is 0.188. The van der Waals surface area contributed by atoms with Crippen LogP contribution < -0.4 is 5.32 Å². The van der Waals surface area contributed by atoms with Crippen LogP contribution in [0.3, 0.4) is 0 Å². The summed E-state index contributed by atoms with van der Waals surface area (Å²) in [7, 11) is 0. The van der Waals surface area contributed by atoms with Crippen molar-refractivity contribution >= 4 is 49.1 Å². The monoisotopic (exact) mass is 426 g/mol. The maximum Gasteiger partial charge on any atom is 0.150 e. The molecule has 0 saturated carbocycles. The van der Waals surface area contributed by atoms with Crippen LogP contribution in [-0.2, 0) is 5.54 Å². The maximum absolute atomic E-state index is 9.72. The molecule has 21 heavy (non-hydrogen) atoms. The van der Waals surface area contributed by atoms with Crippen LogP contribution in [0.4, 0.5) is 5.69 Å². The summed E-state index contributed by atoms with van der Waals surface area (Å²) >= 11 is 12.8. The van der Waals surface area contributed by atoms with Crippen LogP contribution >= 0.6 is 43.5 Å². The summed E-state index contributed by atoms with van der Waals surface area (Å²) in [6.07, 6.45) is 0.644. The molecule has 2 aromatic rings. The SMILES string of the molecule is CCC(C#N)(Nc1ccc(Cl)c(Br)c1)c1ccc(Br)cc1. The third-order valence-electron chi connectivity index (χ3n) is 3.34. The highest BCUT2D eigenvalue weighted by Crippen LogP contribution is 2.33. The fourth-order valence-corrected chi connectivity index (χ4v) is 2.85. The summed E-state index contributed by atoms with van der Waals surface area (Å²) in [6.45, 7) is 1.99. The summed E-state index contributed by atoms with van der Waals surface area (Å²) in [5.74, 6) is 0. The van der Waals surface area contributed by atoms with Crippen LogP contribution in [0.15, 0.2) is 51.4 Å². The van der Waals surface area contributed by atoms with Crippen LogP contribution in [0.2, 0.25) is 5.02 Å². The first-order valence-corrected chi connectivity index (χ1v) is 8.37. The molecule has 0 aliphatic rings. The van der Waals surface area contributed by atoms with Gasteiger partial charge in [0.2, 0.25) is 0 Å². The van der Waals surface area contributed by atoms with Gasteiger partial charge in [-0.2, -0.15) is 5.26 Å². The molecule has 2 nitrogen and oxygen atoms in total. The van der Waals surface area contributed by atoms with Crippen molar-refractivity contribution in [1.29, 1.82) is 5.26 Å². The van der Waals surface area contributed by atoms with E-state index in [2.05, 4.69) is 43.2 Å². The van der Waals surface area contributed by atoms with Gasteiger partial charge in [0.15, 0.2) is 5.54 Å². The van der Waals surface area contributed by atoms with Crippen molar-refractivity contribution in [2.75, 3.05) is 5.32 Å². The van der Waals surface area contributed by atoms with Gasteiger partial charge in [0.1, 0.15) is 0 Å². The van der Waals surface area contributed by atoms with Crippen molar-refractivity contribution in [3.8, 4) is 6.07 Å². The number of benzene rings is 2. The van der Waals surface area contributed by atoms with E-state index in [0.717, 1.165) is 20.2 Å². The zero-order chi connectivity index (χ0) is 15.5. The Labute approximate surface area is 146 Å². The third-order valence-corrected chi connectivity index (χ3v) is 5.08. The van der Waals surface area contributed by atoms with E-state index in [4.69, 9.17) is 11.6 Å². The van der Waals surface area contributed by atoms with E-state index < -0.39 is 5.54 Å². The predicted octanol–water partition coefficient (Wildman–Crippen LogP) is 6.11. The van der Waals surface area contributed by atoms with Gasteiger partial charge in [0, 0.05) is 14.6 Å². The molecule has 0 radical (unpaired) electrons. The molecule has 0 saturated heterocycles. The van der Waals surface area contributed by atoms with Gasteiger partial charge in [0.25, 0.3) is 0 Å². The Hall–Kier alpha value is -1.02. The Morgan fingerprint density at radius 3 is 2.38 bits per heavy atom. The molecule has 2 rings (SSSR count).